The van der Waals surface area contributed by atoms with Crippen molar-refractivity contribution >= 4 is 23.2 Å². The van der Waals surface area contributed by atoms with Crippen LogP contribution in [-0.2, 0) is 11.2 Å². The highest BCUT2D eigenvalue weighted by molar-refractivity contribution is 6.42. The summed E-state index contributed by atoms with van der Waals surface area (Å²) in [6.45, 7) is 2.69. The van der Waals surface area contributed by atoms with E-state index in [9.17, 15) is 0 Å². The molecule has 0 bridgehead atoms. The van der Waals surface area contributed by atoms with E-state index >= 15 is 0 Å². The van der Waals surface area contributed by atoms with Crippen LogP contribution in [0, 0.1) is 5.41 Å². The Balaban J connectivity index is 1.96. The van der Waals surface area contributed by atoms with Crippen molar-refractivity contribution in [2.45, 2.75) is 25.7 Å². The minimum absolute atomic E-state index is 0.349. The minimum Gasteiger partial charge on any atom is -0.383 e. The smallest absolute Gasteiger partial charge is 0.0624 e. The van der Waals surface area contributed by atoms with Gasteiger partial charge in [0.2, 0.25) is 0 Å². The third kappa shape index (κ3) is 3.85. The van der Waals surface area contributed by atoms with E-state index in [1.807, 2.05) is 12.1 Å². The van der Waals surface area contributed by atoms with Gasteiger partial charge in [-0.2, -0.15) is 0 Å². The van der Waals surface area contributed by atoms with E-state index in [0.717, 1.165) is 26.1 Å². The van der Waals surface area contributed by atoms with E-state index < -0.39 is 0 Å². The molecule has 4 heteroatoms. The largest absolute Gasteiger partial charge is 0.383 e. The predicted octanol–water partition coefficient (Wildman–Crippen LogP) is 3.94. The van der Waals surface area contributed by atoms with Crippen LogP contribution in [0.1, 0.15) is 24.8 Å². The highest BCUT2D eigenvalue weighted by Crippen LogP contribution is 2.44. The molecule has 2 rings (SSSR count). The number of hydrogen-bond acceptors (Lipinski definition) is 2. The Morgan fingerprint density at radius 1 is 1.32 bits per heavy atom. The summed E-state index contributed by atoms with van der Waals surface area (Å²) in [4.78, 5) is 0. The molecule has 0 saturated heterocycles. The minimum atomic E-state index is 0.349. The summed E-state index contributed by atoms with van der Waals surface area (Å²) in [5.41, 5.74) is 1.52. The van der Waals surface area contributed by atoms with Gasteiger partial charge in [0.1, 0.15) is 0 Å². The lowest BCUT2D eigenvalue weighted by atomic mass is 9.65. The molecule has 0 aliphatic heterocycles. The molecule has 0 atom stereocenters. The van der Waals surface area contributed by atoms with Crippen LogP contribution in [-0.4, -0.2) is 26.8 Å². The molecule has 0 spiro atoms. The molecule has 1 fully saturated rings. The first-order chi connectivity index (χ1) is 9.17. The van der Waals surface area contributed by atoms with E-state index in [1.165, 1.54) is 24.8 Å². The predicted molar refractivity (Wildman–Crippen MR) is 81.2 cm³/mol. The highest BCUT2D eigenvalue weighted by Gasteiger charge is 2.37. The van der Waals surface area contributed by atoms with Gasteiger partial charge in [0.15, 0.2) is 0 Å². The maximum Gasteiger partial charge on any atom is 0.0624 e. The number of hydrogen-bond donors (Lipinski definition) is 1. The average molecular weight is 302 g/mol. The molecule has 0 radical (unpaired) electrons. The van der Waals surface area contributed by atoms with E-state index in [4.69, 9.17) is 27.9 Å². The van der Waals surface area contributed by atoms with Crippen LogP contribution in [0.2, 0.25) is 10.0 Å². The first-order valence-electron chi connectivity index (χ1n) is 6.79. The number of benzene rings is 1. The Bertz CT molecular complexity index is 419. The van der Waals surface area contributed by atoms with Crippen molar-refractivity contribution in [3.63, 3.8) is 0 Å². The number of nitrogens with one attached hydrogen (secondary N) is 1. The monoisotopic (exact) mass is 301 g/mol. The summed E-state index contributed by atoms with van der Waals surface area (Å²) >= 11 is 12.4. The highest BCUT2D eigenvalue weighted by atomic mass is 35.5. The molecule has 1 N–H and O–H groups in total. The van der Waals surface area contributed by atoms with Gasteiger partial charge >= 0.3 is 0 Å². The van der Waals surface area contributed by atoms with E-state index in [1.54, 1.807) is 7.11 Å². The van der Waals surface area contributed by atoms with Crippen molar-refractivity contribution in [2.75, 3.05) is 26.8 Å². The van der Waals surface area contributed by atoms with Crippen molar-refractivity contribution in [3.05, 3.63) is 33.8 Å². The van der Waals surface area contributed by atoms with E-state index in [2.05, 4.69) is 11.4 Å². The molecule has 1 aromatic rings. The molecule has 1 aliphatic carbocycles. The lowest BCUT2D eigenvalue weighted by Crippen LogP contribution is -2.42. The number of halogens is 2. The normalized spacial score (nSPS) is 17.2. The number of ether oxygens (including phenoxy) is 1. The molecule has 1 saturated carbocycles. The third-order valence-corrected chi connectivity index (χ3v) is 4.85. The second kappa shape index (κ2) is 6.94. The fourth-order valence-electron chi connectivity index (χ4n) is 2.71. The molecular weight excluding hydrogens is 281 g/mol. The Morgan fingerprint density at radius 2 is 2.11 bits per heavy atom. The van der Waals surface area contributed by atoms with Crippen LogP contribution in [0.5, 0.6) is 0 Å². The zero-order valence-electron chi connectivity index (χ0n) is 11.3. The van der Waals surface area contributed by atoms with Crippen molar-refractivity contribution in [2.24, 2.45) is 5.41 Å². The Kier molecular flexibility index (Phi) is 5.52. The fourth-order valence-corrected chi connectivity index (χ4v) is 3.10. The van der Waals surface area contributed by atoms with Gasteiger partial charge in [0.25, 0.3) is 0 Å². The summed E-state index contributed by atoms with van der Waals surface area (Å²) in [5.74, 6) is 0. The zero-order chi connectivity index (χ0) is 13.7. The molecule has 1 aromatic carbocycles. The Hall–Kier alpha value is -0.280. The van der Waals surface area contributed by atoms with Crippen LogP contribution >= 0.6 is 23.2 Å². The third-order valence-electron chi connectivity index (χ3n) is 3.99. The topological polar surface area (TPSA) is 21.3 Å². The lowest BCUT2D eigenvalue weighted by Gasteiger charge is -2.42. The van der Waals surface area contributed by atoms with Gasteiger partial charge in [0, 0.05) is 20.2 Å². The van der Waals surface area contributed by atoms with Crippen molar-refractivity contribution in [3.8, 4) is 0 Å². The molecule has 19 heavy (non-hydrogen) atoms. The van der Waals surface area contributed by atoms with Crippen molar-refractivity contribution in [1.29, 1.82) is 0 Å². The van der Waals surface area contributed by atoms with Gasteiger partial charge in [-0.05, 0) is 36.3 Å². The SMILES string of the molecule is COCCNCC1(Cc2cccc(Cl)c2Cl)CCC1. The van der Waals surface area contributed by atoms with Crippen molar-refractivity contribution < 1.29 is 4.74 Å². The van der Waals surface area contributed by atoms with Gasteiger partial charge in [-0.25, -0.2) is 0 Å². The van der Waals surface area contributed by atoms with Crippen LogP contribution < -0.4 is 5.32 Å². The van der Waals surface area contributed by atoms with Gasteiger partial charge in [-0.1, -0.05) is 41.8 Å². The summed E-state index contributed by atoms with van der Waals surface area (Å²) in [6, 6.07) is 5.91. The zero-order valence-corrected chi connectivity index (χ0v) is 12.9. The standard InChI is InChI=1S/C15H21Cl2NO/c1-19-9-8-18-11-15(6-3-7-15)10-12-4-2-5-13(16)14(12)17/h2,4-5,18H,3,6-11H2,1H3. The van der Waals surface area contributed by atoms with Crippen LogP contribution in [0.15, 0.2) is 18.2 Å². The van der Waals surface area contributed by atoms with E-state index in [-0.39, 0.29) is 0 Å². The number of methoxy groups -OCH3 is 1. The summed E-state index contributed by atoms with van der Waals surface area (Å²) in [6.07, 6.45) is 4.84. The second-order valence-electron chi connectivity index (χ2n) is 5.41. The van der Waals surface area contributed by atoms with Gasteiger partial charge in [-0.15, -0.1) is 0 Å². The second-order valence-corrected chi connectivity index (χ2v) is 6.20. The molecule has 0 unspecified atom stereocenters. The number of rotatable bonds is 7. The maximum absolute atomic E-state index is 6.29. The van der Waals surface area contributed by atoms with Gasteiger partial charge < -0.3 is 10.1 Å². The molecular formula is C15H21Cl2NO. The molecule has 0 amide bonds. The first-order valence-corrected chi connectivity index (χ1v) is 7.55. The fraction of sp³-hybridized carbons (Fsp3) is 0.600. The van der Waals surface area contributed by atoms with Gasteiger partial charge in [-0.3, -0.25) is 0 Å². The molecule has 1 aliphatic rings. The average Bonchev–Trinajstić information content (AvgIpc) is 2.36. The maximum atomic E-state index is 6.29. The van der Waals surface area contributed by atoms with E-state index in [0.29, 0.717) is 15.5 Å². The first kappa shape index (κ1) is 15.1. The lowest BCUT2D eigenvalue weighted by molar-refractivity contribution is 0.123. The van der Waals surface area contributed by atoms with Crippen LogP contribution in [0.25, 0.3) is 0 Å². The summed E-state index contributed by atoms with van der Waals surface area (Å²) in [5, 5.41) is 4.85. The van der Waals surface area contributed by atoms with Crippen molar-refractivity contribution in [1.82, 2.24) is 5.32 Å². The molecule has 2 nitrogen and oxygen atoms in total. The summed E-state index contributed by atoms with van der Waals surface area (Å²) in [7, 11) is 1.73. The summed E-state index contributed by atoms with van der Waals surface area (Å²) < 4.78 is 5.06. The van der Waals surface area contributed by atoms with Crippen LogP contribution in [0.4, 0.5) is 0 Å². The molecule has 0 aromatic heterocycles. The Morgan fingerprint density at radius 3 is 2.74 bits per heavy atom. The molecule has 106 valence electrons. The van der Waals surface area contributed by atoms with Gasteiger partial charge in [0.05, 0.1) is 16.7 Å². The quantitative estimate of drug-likeness (QED) is 0.770. The Labute approximate surface area is 125 Å². The molecule has 0 heterocycles. The van der Waals surface area contributed by atoms with Crippen LogP contribution in [0.3, 0.4) is 0 Å².